The van der Waals surface area contributed by atoms with Crippen molar-refractivity contribution in [1.82, 2.24) is 9.97 Å². The lowest BCUT2D eigenvalue weighted by Gasteiger charge is -2.38. The third-order valence-corrected chi connectivity index (χ3v) is 4.86. The Balaban J connectivity index is 1.61. The van der Waals surface area contributed by atoms with E-state index in [-0.39, 0.29) is 12.1 Å². The zero-order valence-electron chi connectivity index (χ0n) is 13.5. The van der Waals surface area contributed by atoms with Gasteiger partial charge in [-0.05, 0) is 43.0 Å². The van der Waals surface area contributed by atoms with Crippen molar-refractivity contribution in [3.63, 3.8) is 0 Å². The molecule has 0 radical (unpaired) electrons. The first kappa shape index (κ1) is 15.1. The lowest BCUT2D eigenvalue weighted by atomic mass is 9.75. The Morgan fingerprint density at radius 2 is 1.83 bits per heavy atom. The Morgan fingerprint density at radius 3 is 2.62 bits per heavy atom. The number of hydrogen-bond acceptors (Lipinski definition) is 4. The van der Waals surface area contributed by atoms with E-state index in [2.05, 4.69) is 27.4 Å². The molecule has 0 bridgehead atoms. The van der Waals surface area contributed by atoms with E-state index in [0.717, 1.165) is 41.5 Å². The highest BCUT2D eigenvalue weighted by molar-refractivity contribution is 5.91. The Bertz CT molecular complexity index is 810. The molecule has 4 heteroatoms. The zero-order valence-corrected chi connectivity index (χ0v) is 13.5. The van der Waals surface area contributed by atoms with Gasteiger partial charge in [-0.2, -0.15) is 0 Å². The second-order valence-electron chi connectivity index (χ2n) is 6.54. The first-order chi connectivity index (χ1) is 11.8. The molecule has 0 amide bonds. The molecule has 1 saturated carbocycles. The summed E-state index contributed by atoms with van der Waals surface area (Å²) in [5, 5.41) is 14.6. The van der Waals surface area contributed by atoms with Crippen LogP contribution in [-0.4, -0.2) is 27.2 Å². The lowest BCUT2D eigenvalue weighted by molar-refractivity contribution is 0.0341. The van der Waals surface area contributed by atoms with E-state index in [1.807, 2.05) is 48.8 Å². The van der Waals surface area contributed by atoms with E-state index in [4.69, 9.17) is 0 Å². The van der Waals surface area contributed by atoms with Crippen LogP contribution in [0.3, 0.4) is 0 Å². The molecule has 1 aliphatic carbocycles. The molecular formula is C20H21N3O. The summed E-state index contributed by atoms with van der Waals surface area (Å²) in [5.41, 5.74) is 3.17. The number of fused-ring (bicyclic) bond motifs is 1. The summed E-state index contributed by atoms with van der Waals surface area (Å²) in [7, 11) is 0. The van der Waals surface area contributed by atoms with Gasteiger partial charge in [0.15, 0.2) is 0 Å². The minimum atomic E-state index is -0.155. The van der Waals surface area contributed by atoms with Crippen LogP contribution in [0, 0.1) is 5.92 Å². The molecule has 2 aromatic heterocycles. The fraction of sp³-hybridized carbons (Fsp3) is 0.300. The Labute approximate surface area is 141 Å². The molecule has 0 unspecified atom stereocenters. The van der Waals surface area contributed by atoms with Crippen LogP contribution in [0.2, 0.25) is 0 Å². The van der Waals surface area contributed by atoms with Crippen LogP contribution in [0.15, 0.2) is 60.9 Å². The number of hydrogen-bond donors (Lipinski definition) is 2. The quantitative estimate of drug-likeness (QED) is 0.756. The fourth-order valence-electron chi connectivity index (χ4n) is 3.46. The van der Waals surface area contributed by atoms with Crippen LogP contribution in [0.5, 0.6) is 0 Å². The SMILES string of the molecule is OC1CC([C@@H](Cc2ccccn2)Nc2ccnc3ccccc23)C1. The maximum atomic E-state index is 9.72. The summed E-state index contributed by atoms with van der Waals surface area (Å²) in [6.07, 6.45) is 6.09. The molecule has 3 aromatic rings. The summed E-state index contributed by atoms with van der Waals surface area (Å²) < 4.78 is 0. The van der Waals surface area contributed by atoms with Gasteiger partial charge in [0.25, 0.3) is 0 Å². The minimum Gasteiger partial charge on any atom is -0.393 e. The van der Waals surface area contributed by atoms with Crippen molar-refractivity contribution in [2.24, 2.45) is 5.92 Å². The second kappa shape index (κ2) is 6.57. The predicted octanol–water partition coefficient (Wildman–Crippen LogP) is 3.42. The molecule has 4 nitrogen and oxygen atoms in total. The number of aliphatic hydroxyl groups is 1. The Morgan fingerprint density at radius 1 is 1.00 bits per heavy atom. The number of anilines is 1. The molecule has 0 aliphatic heterocycles. The second-order valence-corrected chi connectivity index (χ2v) is 6.54. The average molecular weight is 319 g/mol. The molecular weight excluding hydrogens is 298 g/mol. The molecule has 1 fully saturated rings. The Kier molecular flexibility index (Phi) is 4.13. The topological polar surface area (TPSA) is 58.0 Å². The highest BCUT2D eigenvalue weighted by atomic mass is 16.3. The van der Waals surface area contributed by atoms with Crippen LogP contribution in [-0.2, 0) is 6.42 Å². The highest BCUT2D eigenvalue weighted by Crippen LogP contribution is 2.34. The standard InChI is InChI=1S/C20H21N3O/c24-16-11-14(12-16)20(13-15-5-3-4-9-21-15)23-19-8-10-22-18-7-2-1-6-17(18)19/h1-10,14,16,20,24H,11-13H2,(H,22,23)/t14?,16?,20-/m1/s1. The third kappa shape index (κ3) is 3.10. The number of nitrogens with one attached hydrogen (secondary N) is 1. The fourth-order valence-corrected chi connectivity index (χ4v) is 3.46. The van der Waals surface area contributed by atoms with Crippen molar-refractivity contribution in [1.29, 1.82) is 0 Å². The molecule has 2 N–H and O–H groups in total. The number of aliphatic hydroxyl groups excluding tert-OH is 1. The van der Waals surface area contributed by atoms with Crippen LogP contribution < -0.4 is 5.32 Å². The van der Waals surface area contributed by atoms with Crippen LogP contribution in [0.25, 0.3) is 10.9 Å². The van der Waals surface area contributed by atoms with Crippen LogP contribution >= 0.6 is 0 Å². The first-order valence-electron chi connectivity index (χ1n) is 8.48. The van der Waals surface area contributed by atoms with E-state index in [0.29, 0.717) is 5.92 Å². The number of aromatic nitrogens is 2. The van der Waals surface area contributed by atoms with Gasteiger partial charge in [-0.1, -0.05) is 24.3 Å². The van der Waals surface area contributed by atoms with Crippen molar-refractivity contribution < 1.29 is 5.11 Å². The number of para-hydroxylation sites is 1. The normalized spacial score (nSPS) is 21.2. The number of nitrogens with zero attached hydrogens (tertiary/aromatic N) is 2. The largest absolute Gasteiger partial charge is 0.393 e. The third-order valence-electron chi connectivity index (χ3n) is 4.86. The zero-order chi connectivity index (χ0) is 16.4. The summed E-state index contributed by atoms with van der Waals surface area (Å²) in [4.78, 5) is 8.90. The molecule has 0 spiro atoms. The first-order valence-corrected chi connectivity index (χ1v) is 8.48. The van der Waals surface area contributed by atoms with Gasteiger partial charge in [0.2, 0.25) is 0 Å². The monoisotopic (exact) mass is 319 g/mol. The van der Waals surface area contributed by atoms with Gasteiger partial charge in [0.05, 0.1) is 11.6 Å². The van der Waals surface area contributed by atoms with Crippen LogP contribution in [0.4, 0.5) is 5.69 Å². The van der Waals surface area contributed by atoms with E-state index in [1.54, 1.807) is 0 Å². The lowest BCUT2D eigenvalue weighted by Crippen LogP contribution is -2.42. The van der Waals surface area contributed by atoms with E-state index in [1.165, 1.54) is 0 Å². The van der Waals surface area contributed by atoms with E-state index < -0.39 is 0 Å². The molecule has 1 aliphatic rings. The van der Waals surface area contributed by atoms with Gasteiger partial charge < -0.3 is 10.4 Å². The van der Waals surface area contributed by atoms with Crippen molar-refractivity contribution in [3.8, 4) is 0 Å². The summed E-state index contributed by atoms with van der Waals surface area (Å²) in [6.45, 7) is 0. The number of rotatable bonds is 5. The van der Waals surface area contributed by atoms with Gasteiger partial charge >= 0.3 is 0 Å². The maximum absolute atomic E-state index is 9.72. The van der Waals surface area contributed by atoms with Gasteiger partial charge in [0.1, 0.15) is 0 Å². The van der Waals surface area contributed by atoms with Gasteiger partial charge in [-0.25, -0.2) is 0 Å². The van der Waals surface area contributed by atoms with E-state index in [9.17, 15) is 5.11 Å². The molecule has 24 heavy (non-hydrogen) atoms. The molecule has 4 rings (SSSR count). The van der Waals surface area contributed by atoms with E-state index >= 15 is 0 Å². The van der Waals surface area contributed by atoms with Gasteiger partial charge in [-0.15, -0.1) is 0 Å². The van der Waals surface area contributed by atoms with Crippen molar-refractivity contribution in [2.45, 2.75) is 31.4 Å². The molecule has 1 aromatic carbocycles. The van der Waals surface area contributed by atoms with Crippen molar-refractivity contribution in [3.05, 3.63) is 66.6 Å². The molecule has 2 heterocycles. The van der Waals surface area contributed by atoms with Crippen molar-refractivity contribution in [2.75, 3.05) is 5.32 Å². The average Bonchev–Trinajstić information content (AvgIpc) is 2.60. The minimum absolute atomic E-state index is 0.155. The molecule has 0 saturated heterocycles. The Hall–Kier alpha value is -2.46. The van der Waals surface area contributed by atoms with Crippen molar-refractivity contribution >= 4 is 16.6 Å². The smallest absolute Gasteiger partial charge is 0.0722 e. The number of benzene rings is 1. The molecule has 1 atom stereocenters. The van der Waals surface area contributed by atoms with Crippen LogP contribution in [0.1, 0.15) is 18.5 Å². The summed E-state index contributed by atoms with van der Waals surface area (Å²) in [6, 6.07) is 16.5. The highest BCUT2D eigenvalue weighted by Gasteiger charge is 2.34. The molecule has 122 valence electrons. The predicted molar refractivity (Wildman–Crippen MR) is 95.8 cm³/mol. The summed E-state index contributed by atoms with van der Waals surface area (Å²) in [5.74, 6) is 0.467. The van der Waals surface area contributed by atoms with Gasteiger partial charge in [-0.3, -0.25) is 9.97 Å². The van der Waals surface area contributed by atoms with Gasteiger partial charge in [0, 0.05) is 41.6 Å². The summed E-state index contributed by atoms with van der Waals surface area (Å²) >= 11 is 0. The number of pyridine rings is 2. The maximum Gasteiger partial charge on any atom is 0.0722 e.